The molecule has 0 bridgehead atoms. The van der Waals surface area contributed by atoms with Gasteiger partial charge in [0.15, 0.2) is 0 Å². The Morgan fingerprint density at radius 2 is 2.16 bits per heavy atom. The molecule has 1 N–H and O–H groups in total. The van der Waals surface area contributed by atoms with E-state index in [1.807, 2.05) is 14.0 Å². The molecule has 1 aliphatic carbocycles. The molecule has 108 valence electrons. The molecule has 0 aliphatic heterocycles. The maximum absolute atomic E-state index is 6.16. The van der Waals surface area contributed by atoms with E-state index in [9.17, 15) is 0 Å². The van der Waals surface area contributed by atoms with Gasteiger partial charge in [-0.3, -0.25) is 0 Å². The first-order valence-electron chi connectivity index (χ1n) is 7.59. The van der Waals surface area contributed by atoms with E-state index in [0.717, 1.165) is 24.0 Å². The van der Waals surface area contributed by atoms with Crippen LogP contribution in [0.4, 0.5) is 0 Å². The van der Waals surface area contributed by atoms with Gasteiger partial charge in [-0.1, -0.05) is 26.2 Å². The summed E-state index contributed by atoms with van der Waals surface area (Å²) in [5, 5.41) is 3.11. The van der Waals surface area contributed by atoms with Gasteiger partial charge in [-0.2, -0.15) is 0 Å². The Kier molecular flexibility index (Phi) is 5.46. The average Bonchev–Trinajstić information content (AvgIpc) is 2.77. The van der Waals surface area contributed by atoms with Crippen LogP contribution >= 0.6 is 0 Å². The molecule has 0 aromatic carbocycles. The van der Waals surface area contributed by atoms with Crippen molar-refractivity contribution in [2.75, 3.05) is 7.05 Å². The van der Waals surface area contributed by atoms with Crippen LogP contribution in [0.1, 0.15) is 56.1 Å². The summed E-state index contributed by atoms with van der Waals surface area (Å²) < 4.78 is 11.9. The van der Waals surface area contributed by atoms with Crippen molar-refractivity contribution in [3.05, 3.63) is 23.2 Å². The van der Waals surface area contributed by atoms with E-state index >= 15 is 0 Å². The summed E-state index contributed by atoms with van der Waals surface area (Å²) in [6.45, 7) is 5.78. The summed E-state index contributed by atoms with van der Waals surface area (Å²) in [6.07, 6.45) is 6.92. The zero-order chi connectivity index (χ0) is 13.7. The Balaban J connectivity index is 1.90. The zero-order valence-corrected chi connectivity index (χ0v) is 12.5. The Morgan fingerprint density at radius 1 is 1.37 bits per heavy atom. The summed E-state index contributed by atoms with van der Waals surface area (Å²) in [7, 11) is 1.93. The number of nitrogens with one attached hydrogen (secondary N) is 1. The van der Waals surface area contributed by atoms with Crippen LogP contribution in [0, 0.1) is 12.8 Å². The van der Waals surface area contributed by atoms with E-state index in [4.69, 9.17) is 9.15 Å². The van der Waals surface area contributed by atoms with E-state index in [-0.39, 0.29) is 0 Å². The van der Waals surface area contributed by atoms with E-state index in [2.05, 4.69) is 18.3 Å². The zero-order valence-electron chi connectivity index (χ0n) is 12.5. The molecule has 0 spiro atoms. The summed E-state index contributed by atoms with van der Waals surface area (Å²) in [6, 6.07) is 2.12. The third-order valence-corrected chi connectivity index (χ3v) is 4.24. The normalized spacial score (nSPS) is 23.7. The Hall–Kier alpha value is -0.800. The molecule has 0 saturated heterocycles. The van der Waals surface area contributed by atoms with Gasteiger partial charge in [-0.25, -0.2) is 0 Å². The van der Waals surface area contributed by atoms with Crippen LogP contribution in [0.5, 0.6) is 0 Å². The average molecular weight is 265 g/mol. The van der Waals surface area contributed by atoms with Crippen molar-refractivity contribution in [1.82, 2.24) is 5.32 Å². The third kappa shape index (κ3) is 3.83. The first-order chi connectivity index (χ1) is 9.24. The van der Waals surface area contributed by atoms with Crippen molar-refractivity contribution in [3.63, 3.8) is 0 Å². The van der Waals surface area contributed by atoms with Crippen LogP contribution in [0.25, 0.3) is 0 Å². The van der Waals surface area contributed by atoms with Crippen molar-refractivity contribution in [1.29, 1.82) is 0 Å². The van der Waals surface area contributed by atoms with Gasteiger partial charge in [0, 0.05) is 5.56 Å². The van der Waals surface area contributed by atoms with Crippen molar-refractivity contribution in [2.45, 2.75) is 65.2 Å². The fraction of sp³-hybridized carbons (Fsp3) is 0.750. The predicted molar refractivity (Wildman–Crippen MR) is 77.0 cm³/mol. The molecular formula is C16H27NO2. The van der Waals surface area contributed by atoms with Crippen molar-refractivity contribution in [3.8, 4) is 0 Å². The van der Waals surface area contributed by atoms with Gasteiger partial charge < -0.3 is 14.5 Å². The molecule has 1 fully saturated rings. The number of aryl methyl sites for hydroxylation is 1. The number of hydrogen-bond donors (Lipinski definition) is 1. The number of hydrogen-bond acceptors (Lipinski definition) is 3. The Labute approximate surface area is 116 Å². The van der Waals surface area contributed by atoms with Gasteiger partial charge in [0.25, 0.3) is 0 Å². The standard InChI is InChI=1S/C16H27NO2/c1-4-13-7-5-6-8-16(13)18-11-14-9-15(10-17-3)19-12(14)2/h9,13,16-17H,4-8,10-11H2,1-3H3. The summed E-state index contributed by atoms with van der Waals surface area (Å²) in [5.74, 6) is 2.74. The van der Waals surface area contributed by atoms with Gasteiger partial charge in [0.05, 0.1) is 19.3 Å². The maximum atomic E-state index is 6.16. The minimum Gasteiger partial charge on any atom is -0.465 e. The molecule has 2 atom stereocenters. The topological polar surface area (TPSA) is 34.4 Å². The second kappa shape index (κ2) is 7.11. The Bertz CT molecular complexity index is 386. The number of furan rings is 1. The lowest BCUT2D eigenvalue weighted by molar-refractivity contribution is -0.0225. The highest BCUT2D eigenvalue weighted by atomic mass is 16.5. The quantitative estimate of drug-likeness (QED) is 0.849. The predicted octanol–water partition coefficient (Wildman–Crippen LogP) is 3.79. The second-order valence-electron chi connectivity index (χ2n) is 5.63. The van der Waals surface area contributed by atoms with Crippen LogP contribution < -0.4 is 5.32 Å². The number of rotatable bonds is 6. The van der Waals surface area contributed by atoms with Crippen LogP contribution in [0.3, 0.4) is 0 Å². The molecule has 1 aliphatic rings. The molecule has 1 saturated carbocycles. The van der Waals surface area contributed by atoms with E-state index in [0.29, 0.717) is 12.7 Å². The van der Waals surface area contributed by atoms with Crippen LogP contribution in [-0.2, 0) is 17.9 Å². The lowest BCUT2D eigenvalue weighted by atomic mass is 9.85. The molecule has 1 aromatic rings. The molecule has 2 unspecified atom stereocenters. The van der Waals surface area contributed by atoms with Crippen molar-refractivity contribution in [2.24, 2.45) is 5.92 Å². The maximum Gasteiger partial charge on any atom is 0.118 e. The first-order valence-corrected chi connectivity index (χ1v) is 7.59. The van der Waals surface area contributed by atoms with Gasteiger partial charge in [0.2, 0.25) is 0 Å². The summed E-state index contributed by atoms with van der Waals surface area (Å²) >= 11 is 0. The molecule has 0 amide bonds. The van der Waals surface area contributed by atoms with E-state index < -0.39 is 0 Å². The minimum absolute atomic E-state index is 0.445. The first kappa shape index (κ1) is 14.6. The highest BCUT2D eigenvalue weighted by Crippen LogP contribution is 2.30. The molecular weight excluding hydrogens is 238 g/mol. The van der Waals surface area contributed by atoms with Gasteiger partial charge in [-0.15, -0.1) is 0 Å². The highest BCUT2D eigenvalue weighted by Gasteiger charge is 2.24. The lowest BCUT2D eigenvalue weighted by Crippen LogP contribution is -2.27. The lowest BCUT2D eigenvalue weighted by Gasteiger charge is -2.30. The van der Waals surface area contributed by atoms with Crippen LogP contribution in [-0.4, -0.2) is 13.2 Å². The highest BCUT2D eigenvalue weighted by molar-refractivity contribution is 5.19. The molecule has 1 heterocycles. The molecule has 3 heteroatoms. The van der Waals surface area contributed by atoms with Crippen molar-refractivity contribution < 1.29 is 9.15 Å². The van der Waals surface area contributed by atoms with E-state index in [1.165, 1.54) is 37.7 Å². The molecule has 3 nitrogen and oxygen atoms in total. The van der Waals surface area contributed by atoms with Crippen LogP contribution in [0.15, 0.2) is 10.5 Å². The largest absolute Gasteiger partial charge is 0.465 e. The second-order valence-corrected chi connectivity index (χ2v) is 5.63. The molecule has 2 rings (SSSR count). The Morgan fingerprint density at radius 3 is 2.89 bits per heavy atom. The summed E-state index contributed by atoms with van der Waals surface area (Å²) in [5.41, 5.74) is 1.20. The number of ether oxygens (including phenoxy) is 1. The SMILES string of the molecule is CCC1CCCCC1OCc1cc(CNC)oc1C. The summed E-state index contributed by atoms with van der Waals surface area (Å²) in [4.78, 5) is 0. The fourth-order valence-electron chi connectivity index (χ4n) is 3.05. The van der Waals surface area contributed by atoms with Gasteiger partial charge in [-0.05, 0) is 38.8 Å². The smallest absolute Gasteiger partial charge is 0.118 e. The van der Waals surface area contributed by atoms with Crippen LogP contribution in [0.2, 0.25) is 0 Å². The third-order valence-electron chi connectivity index (χ3n) is 4.24. The monoisotopic (exact) mass is 265 g/mol. The van der Waals surface area contributed by atoms with Gasteiger partial charge >= 0.3 is 0 Å². The molecule has 19 heavy (non-hydrogen) atoms. The van der Waals surface area contributed by atoms with Crippen molar-refractivity contribution >= 4 is 0 Å². The molecule has 1 aromatic heterocycles. The van der Waals surface area contributed by atoms with Gasteiger partial charge in [0.1, 0.15) is 11.5 Å². The van der Waals surface area contributed by atoms with E-state index in [1.54, 1.807) is 0 Å². The fourth-order valence-corrected chi connectivity index (χ4v) is 3.05. The minimum atomic E-state index is 0.445. The molecule has 0 radical (unpaired) electrons.